The molecule has 1 aliphatic carbocycles. The highest BCUT2D eigenvalue weighted by Gasteiger charge is 2.38. The molecule has 0 aromatic carbocycles. The molecule has 13 heavy (non-hydrogen) atoms. The highest BCUT2D eigenvalue weighted by Crippen LogP contribution is 2.21. The van der Waals surface area contributed by atoms with Gasteiger partial charge >= 0.3 is 6.18 Å². The average Bonchev–Trinajstić information content (AvgIpc) is 2.50. The van der Waals surface area contributed by atoms with Gasteiger partial charge < -0.3 is 10.4 Å². The van der Waals surface area contributed by atoms with E-state index in [2.05, 4.69) is 5.32 Å². The van der Waals surface area contributed by atoms with E-state index in [1.54, 1.807) is 0 Å². The molecule has 5 heteroatoms. The lowest BCUT2D eigenvalue weighted by Gasteiger charge is -2.18. The van der Waals surface area contributed by atoms with Gasteiger partial charge in [-0.2, -0.15) is 13.2 Å². The maximum atomic E-state index is 11.8. The fraction of sp³-hybridized carbons (Fsp3) is 1.00. The van der Waals surface area contributed by atoms with Crippen molar-refractivity contribution in [3.05, 3.63) is 0 Å². The first kappa shape index (κ1) is 10.8. The lowest BCUT2D eigenvalue weighted by atomic mass is 10.2. The molecule has 1 atom stereocenters. The van der Waals surface area contributed by atoms with E-state index in [0.29, 0.717) is 0 Å². The molecule has 1 rings (SSSR count). The zero-order chi connectivity index (χ0) is 9.90. The summed E-state index contributed by atoms with van der Waals surface area (Å²) in [6.45, 7) is -0.381. The molecule has 0 bridgehead atoms. The third-order valence-electron chi connectivity index (χ3n) is 2.33. The monoisotopic (exact) mass is 197 g/mol. The van der Waals surface area contributed by atoms with Gasteiger partial charge in [0.05, 0.1) is 0 Å². The summed E-state index contributed by atoms with van der Waals surface area (Å²) < 4.78 is 35.5. The Kier molecular flexibility index (Phi) is 3.55. The first-order valence-electron chi connectivity index (χ1n) is 4.48. The minimum atomic E-state index is -4.49. The van der Waals surface area contributed by atoms with Crippen LogP contribution >= 0.6 is 0 Å². The molecule has 0 aromatic rings. The molecule has 2 N–H and O–H groups in total. The number of nitrogens with one attached hydrogen (secondary N) is 1. The Morgan fingerprint density at radius 1 is 1.31 bits per heavy atom. The van der Waals surface area contributed by atoms with Gasteiger partial charge in [-0.15, -0.1) is 0 Å². The molecule has 1 aliphatic rings. The molecule has 78 valence electrons. The van der Waals surface area contributed by atoms with Crippen LogP contribution in [0.5, 0.6) is 0 Å². The Balaban J connectivity index is 2.17. The highest BCUT2D eigenvalue weighted by atomic mass is 19.4. The number of hydrogen-bond donors (Lipinski definition) is 2. The molecule has 0 amide bonds. The van der Waals surface area contributed by atoms with Gasteiger partial charge in [0.15, 0.2) is 6.10 Å². The summed E-state index contributed by atoms with van der Waals surface area (Å²) in [5, 5.41) is 11.4. The van der Waals surface area contributed by atoms with Crippen LogP contribution in [0.15, 0.2) is 0 Å². The second kappa shape index (κ2) is 4.28. The van der Waals surface area contributed by atoms with Gasteiger partial charge in [-0.3, -0.25) is 0 Å². The SMILES string of the molecule is O[C@H](CNC1CCCC1)C(F)(F)F. The second-order valence-corrected chi connectivity index (χ2v) is 3.45. The normalized spacial score (nSPS) is 22.2. The van der Waals surface area contributed by atoms with E-state index in [1.807, 2.05) is 0 Å². The minimum Gasteiger partial charge on any atom is -0.382 e. The summed E-state index contributed by atoms with van der Waals surface area (Å²) in [7, 11) is 0. The number of rotatable bonds is 3. The predicted molar refractivity (Wildman–Crippen MR) is 42.3 cm³/mol. The molecule has 1 saturated carbocycles. The van der Waals surface area contributed by atoms with Gasteiger partial charge in [-0.25, -0.2) is 0 Å². The van der Waals surface area contributed by atoms with Crippen molar-refractivity contribution in [2.24, 2.45) is 0 Å². The van der Waals surface area contributed by atoms with Crippen LogP contribution in [0.1, 0.15) is 25.7 Å². The standard InChI is InChI=1S/C8H14F3NO/c9-8(10,11)7(13)5-12-6-3-1-2-4-6/h6-7,12-13H,1-5H2/t7-/m1/s1. The molecule has 0 heterocycles. The Morgan fingerprint density at radius 3 is 2.31 bits per heavy atom. The van der Waals surface area contributed by atoms with Crippen molar-refractivity contribution in [2.45, 2.75) is 44.0 Å². The fourth-order valence-electron chi connectivity index (χ4n) is 1.52. The van der Waals surface area contributed by atoms with Crippen molar-refractivity contribution < 1.29 is 18.3 Å². The lowest BCUT2D eigenvalue weighted by molar-refractivity contribution is -0.202. The van der Waals surface area contributed by atoms with E-state index in [9.17, 15) is 13.2 Å². The number of aliphatic hydroxyl groups is 1. The van der Waals surface area contributed by atoms with Crippen molar-refractivity contribution in [3.63, 3.8) is 0 Å². The average molecular weight is 197 g/mol. The number of halogens is 3. The van der Waals surface area contributed by atoms with Crippen LogP contribution in [-0.4, -0.2) is 30.0 Å². The van der Waals surface area contributed by atoms with Crippen LogP contribution in [0, 0.1) is 0 Å². The molecule has 0 radical (unpaired) electrons. The van der Waals surface area contributed by atoms with Gasteiger partial charge in [0.1, 0.15) is 0 Å². The Labute approximate surface area is 75.1 Å². The van der Waals surface area contributed by atoms with Gasteiger partial charge in [-0.1, -0.05) is 12.8 Å². The van der Waals surface area contributed by atoms with Crippen LogP contribution in [0.3, 0.4) is 0 Å². The van der Waals surface area contributed by atoms with Gasteiger partial charge in [-0.05, 0) is 12.8 Å². The van der Waals surface area contributed by atoms with Crippen molar-refractivity contribution in [1.29, 1.82) is 0 Å². The van der Waals surface area contributed by atoms with Crippen LogP contribution in [0.25, 0.3) is 0 Å². The Morgan fingerprint density at radius 2 is 1.85 bits per heavy atom. The molecule has 2 nitrogen and oxygen atoms in total. The van der Waals surface area contributed by atoms with E-state index >= 15 is 0 Å². The maximum Gasteiger partial charge on any atom is 0.415 e. The van der Waals surface area contributed by atoms with Crippen molar-refractivity contribution >= 4 is 0 Å². The summed E-state index contributed by atoms with van der Waals surface area (Å²) in [4.78, 5) is 0. The van der Waals surface area contributed by atoms with Crippen molar-refractivity contribution in [2.75, 3.05) is 6.54 Å². The summed E-state index contributed by atoms with van der Waals surface area (Å²) in [6, 6.07) is 0.164. The van der Waals surface area contributed by atoms with E-state index in [1.165, 1.54) is 0 Å². The first-order valence-corrected chi connectivity index (χ1v) is 4.48. The van der Waals surface area contributed by atoms with Crippen LogP contribution < -0.4 is 5.32 Å². The molecule has 0 spiro atoms. The fourth-order valence-corrected chi connectivity index (χ4v) is 1.52. The molecular weight excluding hydrogens is 183 g/mol. The summed E-state index contributed by atoms with van der Waals surface area (Å²) in [5.74, 6) is 0. The van der Waals surface area contributed by atoms with Gasteiger partial charge in [0.25, 0.3) is 0 Å². The molecule has 0 aromatic heterocycles. The van der Waals surface area contributed by atoms with Crippen molar-refractivity contribution in [1.82, 2.24) is 5.32 Å². The minimum absolute atomic E-state index is 0.164. The Hall–Kier alpha value is -0.290. The zero-order valence-electron chi connectivity index (χ0n) is 7.27. The third-order valence-corrected chi connectivity index (χ3v) is 2.33. The van der Waals surface area contributed by atoms with E-state index in [0.717, 1.165) is 25.7 Å². The van der Waals surface area contributed by atoms with Gasteiger partial charge in [0.2, 0.25) is 0 Å². The van der Waals surface area contributed by atoms with Gasteiger partial charge in [0, 0.05) is 12.6 Å². The quantitative estimate of drug-likeness (QED) is 0.717. The summed E-state index contributed by atoms with van der Waals surface area (Å²) in [5.41, 5.74) is 0. The van der Waals surface area contributed by atoms with E-state index in [-0.39, 0.29) is 12.6 Å². The van der Waals surface area contributed by atoms with Crippen LogP contribution in [-0.2, 0) is 0 Å². The smallest absolute Gasteiger partial charge is 0.382 e. The highest BCUT2D eigenvalue weighted by molar-refractivity contribution is 4.77. The first-order chi connectivity index (χ1) is 6.00. The molecule has 1 fully saturated rings. The number of alkyl halides is 3. The lowest BCUT2D eigenvalue weighted by Crippen LogP contribution is -2.41. The predicted octanol–water partition coefficient (Wildman–Crippen LogP) is 1.44. The van der Waals surface area contributed by atoms with Crippen LogP contribution in [0.4, 0.5) is 13.2 Å². The topological polar surface area (TPSA) is 32.3 Å². The largest absolute Gasteiger partial charge is 0.415 e. The molecule has 0 unspecified atom stereocenters. The molecule has 0 aliphatic heterocycles. The van der Waals surface area contributed by atoms with Crippen LogP contribution in [0.2, 0.25) is 0 Å². The number of aliphatic hydroxyl groups excluding tert-OH is 1. The van der Waals surface area contributed by atoms with E-state index < -0.39 is 12.3 Å². The summed E-state index contributed by atoms with van der Waals surface area (Å²) in [6.07, 6.45) is -2.74. The molecular formula is C8H14F3NO. The summed E-state index contributed by atoms with van der Waals surface area (Å²) >= 11 is 0. The maximum absolute atomic E-state index is 11.8. The number of hydrogen-bond acceptors (Lipinski definition) is 2. The van der Waals surface area contributed by atoms with E-state index in [4.69, 9.17) is 5.11 Å². The zero-order valence-corrected chi connectivity index (χ0v) is 7.27. The van der Waals surface area contributed by atoms with Crippen molar-refractivity contribution in [3.8, 4) is 0 Å². The molecule has 0 saturated heterocycles. The Bertz CT molecular complexity index is 154. The third kappa shape index (κ3) is 3.52. The second-order valence-electron chi connectivity index (χ2n) is 3.45.